The van der Waals surface area contributed by atoms with Gasteiger partial charge in [-0.3, -0.25) is 0 Å². The first-order valence-electron chi connectivity index (χ1n) is 3.32. The summed E-state index contributed by atoms with van der Waals surface area (Å²) in [6.07, 6.45) is 0. The Labute approximate surface area is 74.5 Å². The highest BCUT2D eigenvalue weighted by Gasteiger charge is 2.10. The number of halogens is 2. The van der Waals surface area contributed by atoms with Gasteiger partial charge in [0.1, 0.15) is 0 Å². The van der Waals surface area contributed by atoms with Gasteiger partial charge in [-0.2, -0.15) is 0 Å². The molecule has 2 nitrogen and oxygen atoms in total. The molecule has 0 radical (unpaired) electrons. The summed E-state index contributed by atoms with van der Waals surface area (Å²) in [5.41, 5.74) is 0.454. The highest BCUT2D eigenvalue weighted by molar-refractivity contribution is 6.32. The fourth-order valence-corrected chi connectivity index (χ4v) is 1.17. The zero-order valence-electron chi connectivity index (χ0n) is 6.47. The van der Waals surface area contributed by atoms with Crippen LogP contribution >= 0.6 is 11.6 Å². The van der Waals surface area contributed by atoms with E-state index in [-0.39, 0.29) is 17.4 Å². The molecule has 4 heteroatoms. The van der Waals surface area contributed by atoms with Gasteiger partial charge in [-0.15, -0.1) is 0 Å². The molecule has 0 spiro atoms. The van der Waals surface area contributed by atoms with Crippen molar-refractivity contribution in [3.8, 4) is 5.75 Å². The Kier molecular flexibility index (Phi) is 2.89. The zero-order chi connectivity index (χ0) is 9.14. The van der Waals surface area contributed by atoms with Gasteiger partial charge in [0.05, 0.1) is 18.7 Å². The molecule has 66 valence electrons. The van der Waals surface area contributed by atoms with E-state index >= 15 is 0 Å². The molecule has 1 rings (SSSR count). The van der Waals surface area contributed by atoms with Crippen molar-refractivity contribution < 1.29 is 14.2 Å². The molecule has 0 amide bonds. The second kappa shape index (κ2) is 3.74. The quantitative estimate of drug-likeness (QED) is 0.773. The number of ether oxygens (including phenoxy) is 1. The van der Waals surface area contributed by atoms with Crippen LogP contribution in [-0.2, 0) is 6.61 Å². The van der Waals surface area contributed by atoms with Gasteiger partial charge < -0.3 is 9.84 Å². The number of aliphatic hydroxyl groups excluding tert-OH is 1. The molecule has 1 N–H and O–H groups in total. The normalized spacial score (nSPS) is 10.0. The van der Waals surface area contributed by atoms with Gasteiger partial charge in [-0.05, 0) is 6.07 Å². The van der Waals surface area contributed by atoms with E-state index in [1.807, 2.05) is 0 Å². The molecule has 0 atom stereocenters. The fourth-order valence-electron chi connectivity index (χ4n) is 0.882. The highest BCUT2D eigenvalue weighted by atomic mass is 35.5. The predicted octanol–water partition coefficient (Wildman–Crippen LogP) is 1.98. The third-order valence-corrected chi connectivity index (χ3v) is 1.92. The second-order valence-electron chi connectivity index (χ2n) is 2.21. The smallest absolute Gasteiger partial charge is 0.173 e. The summed E-state index contributed by atoms with van der Waals surface area (Å²) >= 11 is 5.69. The summed E-state index contributed by atoms with van der Waals surface area (Å²) < 4.78 is 17.6. The SMILES string of the molecule is COc1c(F)ccc(CO)c1Cl. The average Bonchev–Trinajstić information content (AvgIpc) is 2.06. The second-order valence-corrected chi connectivity index (χ2v) is 2.59. The van der Waals surface area contributed by atoms with Crippen LogP contribution in [0.1, 0.15) is 5.56 Å². The van der Waals surface area contributed by atoms with Crippen molar-refractivity contribution in [2.45, 2.75) is 6.61 Å². The van der Waals surface area contributed by atoms with E-state index in [9.17, 15) is 4.39 Å². The number of rotatable bonds is 2. The highest BCUT2D eigenvalue weighted by Crippen LogP contribution is 2.30. The van der Waals surface area contributed by atoms with Crippen molar-refractivity contribution in [2.75, 3.05) is 7.11 Å². The predicted molar refractivity (Wildman–Crippen MR) is 43.9 cm³/mol. The van der Waals surface area contributed by atoms with Crippen molar-refractivity contribution in [1.82, 2.24) is 0 Å². The van der Waals surface area contributed by atoms with E-state index in [4.69, 9.17) is 21.4 Å². The van der Waals surface area contributed by atoms with Crippen molar-refractivity contribution in [1.29, 1.82) is 0 Å². The molecule has 0 unspecified atom stereocenters. The summed E-state index contributed by atoms with van der Waals surface area (Å²) in [5, 5.41) is 8.89. The van der Waals surface area contributed by atoms with Gasteiger partial charge in [0.25, 0.3) is 0 Å². The van der Waals surface area contributed by atoms with Crippen LogP contribution in [0.3, 0.4) is 0 Å². The van der Waals surface area contributed by atoms with Crippen LogP contribution in [0.4, 0.5) is 4.39 Å². The lowest BCUT2D eigenvalue weighted by Gasteiger charge is -2.06. The molecule has 0 saturated carbocycles. The molecule has 0 aliphatic rings. The van der Waals surface area contributed by atoms with Crippen molar-refractivity contribution in [3.63, 3.8) is 0 Å². The maximum absolute atomic E-state index is 12.9. The summed E-state index contributed by atoms with van der Waals surface area (Å²) in [6, 6.07) is 2.62. The Morgan fingerprint density at radius 2 is 2.25 bits per heavy atom. The van der Waals surface area contributed by atoms with E-state index in [0.717, 1.165) is 0 Å². The van der Waals surface area contributed by atoms with Crippen LogP contribution < -0.4 is 4.74 Å². The third kappa shape index (κ3) is 1.52. The molecule has 12 heavy (non-hydrogen) atoms. The van der Waals surface area contributed by atoms with E-state index in [2.05, 4.69) is 0 Å². The van der Waals surface area contributed by atoms with Gasteiger partial charge in [0.2, 0.25) is 0 Å². The topological polar surface area (TPSA) is 29.5 Å². The molecule has 0 aliphatic heterocycles. The molecule has 0 heterocycles. The maximum Gasteiger partial charge on any atom is 0.173 e. The number of benzene rings is 1. The van der Waals surface area contributed by atoms with E-state index < -0.39 is 5.82 Å². The molecule has 0 aliphatic carbocycles. The minimum Gasteiger partial charge on any atom is -0.492 e. The molecular formula is C8H8ClFO2. The Morgan fingerprint density at radius 3 is 2.75 bits per heavy atom. The number of hydrogen-bond donors (Lipinski definition) is 1. The van der Waals surface area contributed by atoms with Crippen LogP contribution in [0.5, 0.6) is 5.75 Å². The first-order valence-corrected chi connectivity index (χ1v) is 3.70. The number of hydrogen-bond acceptors (Lipinski definition) is 2. The molecule has 0 saturated heterocycles. The van der Waals surface area contributed by atoms with Gasteiger partial charge in [0.15, 0.2) is 11.6 Å². The number of aliphatic hydroxyl groups is 1. The van der Waals surface area contributed by atoms with Crippen molar-refractivity contribution in [2.24, 2.45) is 0 Å². The minimum atomic E-state index is -0.528. The van der Waals surface area contributed by atoms with E-state index in [1.54, 1.807) is 0 Å². The third-order valence-electron chi connectivity index (χ3n) is 1.50. The van der Waals surface area contributed by atoms with Crippen LogP contribution in [0.15, 0.2) is 12.1 Å². The lowest BCUT2D eigenvalue weighted by atomic mass is 10.2. The molecule has 0 bridgehead atoms. The van der Waals surface area contributed by atoms with Gasteiger partial charge >= 0.3 is 0 Å². The largest absolute Gasteiger partial charge is 0.492 e. The first-order chi connectivity index (χ1) is 5.70. The van der Waals surface area contributed by atoms with E-state index in [1.165, 1.54) is 19.2 Å². The Hall–Kier alpha value is -0.800. The average molecular weight is 191 g/mol. The van der Waals surface area contributed by atoms with Crippen LogP contribution in [0, 0.1) is 5.82 Å². The standard InChI is InChI=1S/C8H8ClFO2/c1-12-8-6(10)3-2-5(4-11)7(8)9/h2-3,11H,4H2,1H3. The summed E-state index contributed by atoms with van der Waals surface area (Å²) in [7, 11) is 1.32. The maximum atomic E-state index is 12.9. The Balaban J connectivity index is 3.24. The first kappa shape index (κ1) is 9.29. The van der Waals surface area contributed by atoms with Crippen LogP contribution in [-0.4, -0.2) is 12.2 Å². The Bertz CT molecular complexity index is 289. The van der Waals surface area contributed by atoms with Gasteiger partial charge in [-0.25, -0.2) is 4.39 Å². The van der Waals surface area contributed by atoms with Crippen molar-refractivity contribution >= 4 is 11.6 Å². The van der Waals surface area contributed by atoms with Gasteiger partial charge in [-0.1, -0.05) is 17.7 Å². The van der Waals surface area contributed by atoms with Crippen LogP contribution in [0.25, 0.3) is 0 Å². The lowest BCUT2D eigenvalue weighted by molar-refractivity contribution is 0.280. The summed E-state index contributed by atoms with van der Waals surface area (Å²) in [4.78, 5) is 0. The van der Waals surface area contributed by atoms with E-state index in [0.29, 0.717) is 5.56 Å². The minimum absolute atomic E-state index is 0.0248. The zero-order valence-corrected chi connectivity index (χ0v) is 7.23. The number of methoxy groups -OCH3 is 1. The lowest BCUT2D eigenvalue weighted by Crippen LogP contribution is -1.93. The fraction of sp³-hybridized carbons (Fsp3) is 0.250. The molecule has 0 fully saturated rings. The molecule has 1 aromatic rings. The summed E-state index contributed by atoms with van der Waals surface area (Å²) in [6.45, 7) is -0.227. The molecular weight excluding hydrogens is 183 g/mol. The Morgan fingerprint density at radius 1 is 1.58 bits per heavy atom. The molecule has 0 aromatic heterocycles. The van der Waals surface area contributed by atoms with Crippen molar-refractivity contribution in [3.05, 3.63) is 28.5 Å². The van der Waals surface area contributed by atoms with Gasteiger partial charge in [0, 0.05) is 5.56 Å². The molecule has 1 aromatic carbocycles. The monoisotopic (exact) mass is 190 g/mol. The summed E-state index contributed by atoms with van der Waals surface area (Å²) in [5.74, 6) is -0.553. The van der Waals surface area contributed by atoms with Crippen LogP contribution in [0.2, 0.25) is 5.02 Å².